The second kappa shape index (κ2) is 9.55. The second-order valence-corrected chi connectivity index (χ2v) is 9.00. The van der Waals surface area contributed by atoms with Gasteiger partial charge in [0, 0.05) is 0 Å². The molecule has 8 atom stereocenters. The van der Waals surface area contributed by atoms with Crippen LogP contribution in [0.15, 0.2) is 25.3 Å². The zero-order chi connectivity index (χ0) is 28.3. The Bertz CT molecular complexity index is 1490. The van der Waals surface area contributed by atoms with Crippen LogP contribution in [0.25, 0.3) is 22.3 Å². The Hall–Kier alpha value is -4.60. The number of imidazole rings is 2. The molecule has 2 fully saturated rings. The number of fused-ring (bicyclic) bond motifs is 2. The summed E-state index contributed by atoms with van der Waals surface area (Å²) in [6, 6.07) is 0. The van der Waals surface area contributed by atoms with Crippen molar-refractivity contribution in [2.75, 3.05) is 11.5 Å². The zero-order valence-corrected chi connectivity index (χ0v) is 20.1. The minimum absolute atomic E-state index is 0.0797. The maximum absolute atomic E-state index is 12.7. The van der Waals surface area contributed by atoms with E-state index in [2.05, 4.69) is 40.8 Å². The van der Waals surface area contributed by atoms with Gasteiger partial charge in [0.15, 0.2) is 47.6 Å². The number of nitrogens with two attached hydrogens (primary N) is 2. The van der Waals surface area contributed by atoms with Crippen molar-refractivity contribution < 1.29 is 39.5 Å². The molecule has 2 aliphatic rings. The van der Waals surface area contributed by atoms with E-state index in [0.29, 0.717) is 0 Å². The standard InChI is InChI=1S/C20H22N12O8/c21-13-5-15(25-1-23-13)31(3-27-5)19-9(35)7(33)11(39-19)17(37)29-30-18(38)12-8(34)10(36)20(40-12)32-4-28-6-14(22)24-2-26-16(6)32/h1-4,7-12,19-20,33-36H,(H,29,37)(H,30,38)(H2,21,23,25)(H2,22,24,26)/t7-,8-,9+,10+,11-,12-,19+,20+/m0/s1. The van der Waals surface area contributed by atoms with Crippen LogP contribution < -0.4 is 22.3 Å². The zero-order valence-electron chi connectivity index (χ0n) is 20.1. The number of carbonyl (C=O) groups is 2. The molecule has 2 aliphatic heterocycles. The molecule has 0 saturated carbocycles. The molecule has 0 radical (unpaired) electrons. The SMILES string of the molecule is Nc1ncnc2c1ncn2[C@@H]1O[C@H](C(=O)NNC(=O)[C@H]2O[C@@H](n3cnc4c(N)ncnc43)[C@H](O)[C@@H]2O)[C@@H](O)[C@H]1O. The number of nitrogens with one attached hydrogen (secondary N) is 2. The fourth-order valence-electron chi connectivity index (χ4n) is 4.59. The molecule has 6 rings (SSSR count). The molecule has 0 spiro atoms. The van der Waals surface area contributed by atoms with Gasteiger partial charge in [0.25, 0.3) is 11.8 Å². The van der Waals surface area contributed by atoms with Gasteiger partial charge in [-0.2, -0.15) is 0 Å². The van der Waals surface area contributed by atoms with Crippen LogP contribution in [0.1, 0.15) is 12.5 Å². The Balaban J connectivity index is 1.12. The Morgan fingerprint density at radius 3 is 1.48 bits per heavy atom. The summed E-state index contributed by atoms with van der Waals surface area (Å²) in [7, 11) is 0. The van der Waals surface area contributed by atoms with Crippen LogP contribution in [0.4, 0.5) is 11.6 Å². The van der Waals surface area contributed by atoms with Crippen LogP contribution in [-0.4, -0.2) is 108 Å². The third-order valence-electron chi connectivity index (χ3n) is 6.62. The monoisotopic (exact) mass is 558 g/mol. The number of hydrogen-bond acceptors (Lipinski definition) is 16. The number of nitrogen functional groups attached to an aromatic ring is 2. The van der Waals surface area contributed by atoms with Crippen molar-refractivity contribution in [2.24, 2.45) is 0 Å². The Labute approximate surface area is 221 Å². The quantitative estimate of drug-likeness (QED) is 0.109. The number of rotatable bonds is 4. The lowest BCUT2D eigenvalue weighted by Crippen LogP contribution is -2.54. The predicted molar refractivity (Wildman–Crippen MR) is 128 cm³/mol. The van der Waals surface area contributed by atoms with E-state index >= 15 is 0 Å². The van der Waals surface area contributed by atoms with Crippen molar-refractivity contribution in [2.45, 2.75) is 49.1 Å². The summed E-state index contributed by atoms with van der Waals surface area (Å²) in [4.78, 5) is 49.3. The van der Waals surface area contributed by atoms with E-state index in [4.69, 9.17) is 20.9 Å². The molecular weight excluding hydrogens is 536 g/mol. The smallest absolute Gasteiger partial charge is 0.270 e. The predicted octanol–water partition coefficient (Wildman–Crippen LogP) is -4.78. The van der Waals surface area contributed by atoms with Gasteiger partial charge in [-0.25, -0.2) is 29.9 Å². The molecule has 10 N–H and O–H groups in total. The van der Waals surface area contributed by atoms with E-state index in [-0.39, 0.29) is 34.0 Å². The van der Waals surface area contributed by atoms with Crippen molar-refractivity contribution in [3.63, 3.8) is 0 Å². The maximum atomic E-state index is 12.7. The number of ether oxygens (including phenoxy) is 2. The minimum atomic E-state index is -1.71. The number of aromatic nitrogens is 8. The molecule has 210 valence electrons. The van der Waals surface area contributed by atoms with E-state index in [1.165, 1.54) is 34.4 Å². The van der Waals surface area contributed by atoms with Crippen LogP contribution in [0.5, 0.6) is 0 Å². The lowest BCUT2D eigenvalue weighted by molar-refractivity contribution is -0.146. The maximum Gasteiger partial charge on any atom is 0.270 e. The van der Waals surface area contributed by atoms with Gasteiger partial charge in [0.2, 0.25) is 0 Å². The molecule has 6 heterocycles. The number of nitrogens with zero attached hydrogens (tertiary/aromatic N) is 8. The molecule has 20 heteroatoms. The molecule has 0 unspecified atom stereocenters. The van der Waals surface area contributed by atoms with Gasteiger partial charge in [-0.3, -0.25) is 29.6 Å². The molecule has 40 heavy (non-hydrogen) atoms. The van der Waals surface area contributed by atoms with Crippen LogP contribution in [0, 0.1) is 0 Å². The molecule has 0 aromatic carbocycles. The number of aliphatic hydroxyl groups is 4. The summed E-state index contributed by atoms with van der Waals surface area (Å²) in [5.74, 6) is -1.90. The summed E-state index contributed by atoms with van der Waals surface area (Å²) < 4.78 is 13.7. The molecule has 4 aromatic rings. The Kier molecular flexibility index (Phi) is 6.13. The summed E-state index contributed by atoms with van der Waals surface area (Å²) in [5, 5.41) is 42.0. The molecule has 20 nitrogen and oxygen atoms in total. The molecule has 2 amide bonds. The van der Waals surface area contributed by atoms with Gasteiger partial charge in [-0.1, -0.05) is 0 Å². The first kappa shape index (κ1) is 25.7. The van der Waals surface area contributed by atoms with E-state index in [9.17, 15) is 30.0 Å². The average Bonchev–Trinajstić information content (AvgIpc) is 3.70. The summed E-state index contributed by atoms with van der Waals surface area (Å²) in [6.07, 6.45) is -7.55. The van der Waals surface area contributed by atoms with Crippen LogP contribution in [-0.2, 0) is 19.1 Å². The summed E-state index contributed by atoms with van der Waals surface area (Å²) in [5.41, 5.74) is 16.5. The van der Waals surface area contributed by atoms with Crippen LogP contribution in [0.2, 0.25) is 0 Å². The fourth-order valence-corrected chi connectivity index (χ4v) is 4.59. The lowest BCUT2D eigenvalue weighted by Gasteiger charge is -2.18. The second-order valence-electron chi connectivity index (χ2n) is 9.00. The highest BCUT2D eigenvalue weighted by Gasteiger charge is 2.50. The van der Waals surface area contributed by atoms with Crippen molar-refractivity contribution in [3.05, 3.63) is 25.3 Å². The molecule has 2 saturated heterocycles. The number of aliphatic hydroxyl groups excluding tert-OH is 4. The van der Waals surface area contributed by atoms with Gasteiger partial charge in [-0.15, -0.1) is 0 Å². The molecular formula is C20H22N12O8. The Morgan fingerprint density at radius 2 is 1.07 bits per heavy atom. The fraction of sp³-hybridized carbons (Fsp3) is 0.400. The number of amides is 2. The van der Waals surface area contributed by atoms with E-state index in [0.717, 1.165) is 0 Å². The van der Waals surface area contributed by atoms with E-state index in [1.54, 1.807) is 0 Å². The lowest BCUT2D eigenvalue weighted by atomic mass is 10.1. The third kappa shape index (κ3) is 3.93. The van der Waals surface area contributed by atoms with Crippen molar-refractivity contribution in [3.8, 4) is 0 Å². The third-order valence-corrected chi connectivity index (χ3v) is 6.62. The van der Waals surface area contributed by atoms with Gasteiger partial charge >= 0.3 is 0 Å². The van der Waals surface area contributed by atoms with E-state index in [1.807, 2.05) is 0 Å². The first-order valence-corrected chi connectivity index (χ1v) is 11.7. The highest BCUT2D eigenvalue weighted by Crippen LogP contribution is 2.33. The number of anilines is 2. The van der Waals surface area contributed by atoms with Crippen LogP contribution >= 0.6 is 0 Å². The molecule has 0 aliphatic carbocycles. The molecule has 4 aromatic heterocycles. The van der Waals surface area contributed by atoms with Crippen molar-refractivity contribution in [1.82, 2.24) is 49.9 Å². The topological polar surface area (TPSA) is 297 Å². The average molecular weight is 558 g/mol. The number of hydrazine groups is 1. The van der Waals surface area contributed by atoms with Crippen LogP contribution in [0.3, 0.4) is 0 Å². The number of carbonyl (C=O) groups excluding carboxylic acids is 2. The normalized spacial score (nSPS) is 30.2. The first-order valence-electron chi connectivity index (χ1n) is 11.7. The van der Waals surface area contributed by atoms with Crippen molar-refractivity contribution >= 4 is 45.8 Å². The van der Waals surface area contributed by atoms with Gasteiger partial charge in [-0.05, 0) is 0 Å². The largest absolute Gasteiger partial charge is 0.387 e. The highest BCUT2D eigenvalue weighted by molar-refractivity contribution is 5.88. The summed E-state index contributed by atoms with van der Waals surface area (Å²) in [6.45, 7) is 0. The molecule has 0 bridgehead atoms. The van der Waals surface area contributed by atoms with Gasteiger partial charge in [0.05, 0.1) is 12.7 Å². The van der Waals surface area contributed by atoms with Crippen molar-refractivity contribution in [1.29, 1.82) is 0 Å². The highest BCUT2D eigenvalue weighted by atomic mass is 16.6. The Morgan fingerprint density at radius 1 is 0.675 bits per heavy atom. The number of hydrogen-bond donors (Lipinski definition) is 8. The minimum Gasteiger partial charge on any atom is -0.387 e. The van der Waals surface area contributed by atoms with Gasteiger partial charge < -0.3 is 41.4 Å². The van der Waals surface area contributed by atoms with Gasteiger partial charge in [0.1, 0.15) is 48.1 Å². The first-order chi connectivity index (χ1) is 19.2. The summed E-state index contributed by atoms with van der Waals surface area (Å²) >= 11 is 0. The van der Waals surface area contributed by atoms with E-state index < -0.39 is 60.9 Å².